The van der Waals surface area contributed by atoms with Crippen LogP contribution in [0.25, 0.3) is 99.2 Å². The molecule has 0 fully saturated rings. The van der Waals surface area contributed by atoms with Gasteiger partial charge in [-0.25, -0.2) is 0 Å². The topological polar surface area (TPSA) is 29.5 Å². The van der Waals surface area contributed by atoms with Gasteiger partial charge in [0.25, 0.3) is 0 Å². The molecule has 0 radical (unpaired) electrons. The van der Waals surface area contributed by atoms with Gasteiger partial charge < -0.3 is 13.7 Å². The minimum absolute atomic E-state index is 0.829. The van der Waals surface area contributed by atoms with Gasteiger partial charge in [-0.1, -0.05) is 182 Å². The first kappa shape index (κ1) is 34.9. The minimum Gasteiger partial charge on any atom is -0.455 e. The fourth-order valence-electron chi connectivity index (χ4n) is 9.18. The van der Waals surface area contributed by atoms with Crippen LogP contribution >= 0.6 is 0 Å². The maximum Gasteiger partial charge on any atom is 0.160 e. The molecule has 2 aromatic heterocycles. The van der Waals surface area contributed by atoms with Crippen LogP contribution in [0.15, 0.2) is 233 Å². The average molecular weight is 780 g/mol. The third kappa shape index (κ3) is 5.82. The quantitative estimate of drug-likeness (QED) is 0.161. The van der Waals surface area contributed by atoms with Crippen LogP contribution in [0.2, 0.25) is 0 Å². The summed E-state index contributed by atoms with van der Waals surface area (Å²) < 4.78 is 13.8. The van der Waals surface area contributed by atoms with E-state index in [2.05, 4.69) is 217 Å². The van der Waals surface area contributed by atoms with Crippen molar-refractivity contribution < 1.29 is 8.83 Å². The molecule has 0 saturated heterocycles. The van der Waals surface area contributed by atoms with Gasteiger partial charge in [0.05, 0.1) is 5.69 Å². The van der Waals surface area contributed by atoms with E-state index in [9.17, 15) is 0 Å². The van der Waals surface area contributed by atoms with Gasteiger partial charge in [0.2, 0.25) is 0 Å². The average Bonchev–Trinajstić information content (AvgIpc) is 3.92. The summed E-state index contributed by atoms with van der Waals surface area (Å²) in [6, 6.07) is 79.7. The lowest BCUT2D eigenvalue weighted by Crippen LogP contribution is -2.11. The van der Waals surface area contributed by atoms with Gasteiger partial charge in [0.1, 0.15) is 16.7 Å². The van der Waals surface area contributed by atoms with E-state index in [0.29, 0.717) is 0 Å². The van der Waals surface area contributed by atoms with E-state index >= 15 is 0 Å². The van der Waals surface area contributed by atoms with Crippen molar-refractivity contribution in [3.63, 3.8) is 0 Å². The second-order valence-corrected chi connectivity index (χ2v) is 15.6. The molecule has 3 heteroatoms. The van der Waals surface area contributed by atoms with Crippen molar-refractivity contribution >= 4 is 71.7 Å². The van der Waals surface area contributed by atoms with Crippen molar-refractivity contribution in [3.05, 3.63) is 224 Å². The number of nitrogens with zero attached hydrogens (tertiary/aromatic N) is 1. The Balaban J connectivity index is 1.12. The molecular formula is C58H37NO2. The van der Waals surface area contributed by atoms with Crippen molar-refractivity contribution in [1.82, 2.24) is 0 Å². The van der Waals surface area contributed by atoms with Gasteiger partial charge in [-0.3, -0.25) is 0 Å². The maximum atomic E-state index is 7.28. The lowest BCUT2D eigenvalue weighted by Gasteiger charge is -2.28. The Labute approximate surface area is 353 Å². The number of anilines is 3. The third-order valence-electron chi connectivity index (χ3n) is 12.1. The summed E-state index contributed by atoms with van der Waals surface area (Å²) in [5.41, 5.74) is 15.5. The zero-order chi connectivity index (χ0) is 40.3. The molecule has 61 heavy (non-hydrogen) atoms. The highest BCUT2D eigenvalue weighted by molar-refractivity contribution is 6.22. The normalized spacial score (nSPS) is 11.6. The Kier molecular flexibility index (Phi) is 8.17. The van der Waals surface area contributed by atoms with Gasteiger partial charge in [-0.2, -0.15) is 0 Å². The highest BCUT2D eigenvalue weighted by atomic mass is 16.3. The van der Waals surface area contributed by atoms with E-state index in [0.717, 1.165) is 99.5 Å². The molecule has 0 atom stereocenters. The number of hydrogen-bond donors (Lipinski definition) is 0. The predicted molar refractivity (Wildman–Crippen MR) is 255 cm³/mol. The number of benzene rings is 10. The van der Waals surface area contributed by atoms with Crippen LogP contribution in [0.4, 0.5) is 17.1 Å². The summed E-state index contributed by atoms with van der Waals surface area (Å²) in [7, 11) is 0. The first-order chi connectivity index (χ1) is 30.3. The molecule has 286 valence electrons. The summed E-state index contributed by atoms with van der Waals surface area (Å²) in [4.78, 5) is 2.37. The van der Waals surface area contributed by atoms with E-state index in [1.165, 1.54) is 16.7 Å². The van der Waals surface area contributed by atoms with Gasteiger partial charge in [-0.05, 0) is 81.2 Å². The molecule has 0 aliphatic rings. The minimum atomic E-state index is 0.829. The highest BCUT2D eigenvalue weighted by Crippen LogP contribution is 2.50. The fraction of sp³-hybridized carbons (Fsp3) is 0. The fourth-order valence-corrected chi connectivity index (χ4v) is 9.18. The van der Waals surface area contributed by atoms with Gasteiger partial charge in [0, 0.05) is 49.4 Å². The molecule has 0 amide bonds. The predicted octanol–water partition coefficient (Wildman–Crippen LogP) is 16.8. The molecule has 0 saturated carbocycles. The van der Waals surface area contributed by atoms with Crippen molar-refractivity contribution in [2.24, 2.45) is 0 Å². The monoisotopic (exact) mass is 779 g/mol. The lowest BCUT2D eigenvalue weighted by molar-refractivity contribution is 0.670. The molecule has 0 aliphatic carbocycles. The number of hydrogen-bond acceptors (Lipinski definition) is 3. The molecule has 0 spiro atoms. The van der Waals surface area contributed by atoms with Crippen molar-refractivity contribution in [3.8, 4) is 44.5 Å². The summed E-state index contributed by atoms with van der Waals surface area (Å²) in [5, 5.41) is 6.63. The molecule has 3 nitrogen and oxygen atoms in total. The number of para-hydroxylation sites is 2. The van der Waals surface area contributed by atoms with Crippen molar-refractivity contribution in [2.75, 3.05) is 4.90 Å². The molecular weight excluding hydrogens is 743 g/mol. The maximum absolute atomic E-state index is 7.28. The molecule has 12 aromatic rings. The molecule has 0 N–H and O–H groups in total. The molecule has 10 aromatic carbocycles. The van der Waals surface area contributed by atoms with E-state index in [1.807, 2.05) is 12.1 Å². The van der Waals surface area contributed by atoms with Gasteiger partial charge in [-0.15, -0.1) is 0 Å². The summed E-state index contributed by atoms with van der Waals surface area (Å²) in [6.07, 6.45) is 0. The van der Waals surface area contributed by atoms with Crippen LogP contribution in [-0.2, 0) is 0 Å². The van der Waals surface area contributed by atoms with Crippen LogP contribution in [0.5, 0.6) is 0 Å². The number of furan rings is 2. The van der Waals surface area contributed by atoms with Crippen LogP contribution in [-0.4, -0.2) is 0 Å². The van der Waals surface area contributed by atoms with E-state index in [-0.39, 0.29) is 0 Å². The zero-order valence-electron chi connectivity index (χ0n) is 33.1. The molecule has 0 aliphatic heterocycles. The Bertz CT molecular complexity index is 3550. The highest BCUT2D eigenvalue weighted by Gasteiger charge is 2.26. The Morgan fingerprint density at radius 2 is 0.754 bits per heavy atom. The first-order valence-electron chi connectivity index (χ1n) is 20.7. The van der Waals surface area contributed by atoms with Crippen LogP contribution in [0, 0.1) is 0 Å². The summed E-state index contributed by atoms with van der Waals surface area (Å²) in [5.74, 6) is 0. The molecule has 12 rings (SSSR count). The summed E-state index contributed by atoms with van der Waals surface area (Å²) >= 11 is 0. The van der Waals surface area contributed by atoms with Crippen molar-refractivity contribution in [1.29, 1.82) is 0 Å². The Hall–Kier alpha value is -8.14. The van der Waals surface area contributed by atoms with Gasteiger partial charge >= 0.3 is 0 Å². The third-order valence-corrected chi connectivity index (χ3v) is 12.1. The van der Waals surface area contributed by atoms with E-state index in [4.69, 9.17) is 8.83 Å². The Morgan fingerprint density at radius 3 is 1.44 bits per heavy atom. The number of rotatable bonds is 7. The molecule has 0 unspecified atom stereocenters. The Morgan fingerprint density at radius 1 is 0.262 bits per heavy atom. The molecule has 2 heterocycles. The smallest absolute Gasteiger partial charge is 0.160 e. The van der Waals surface area contributed by atoms with Crippen LogP contribution in [0.3, 0.4) is 0 Å². The van der Waals surface area contributed by atoms with Crippen molar-refractivity contribution in [2.45, 2.75) is 0 Å². The van der Waals surface area contributed by atoms with Crippen LogP contribution in [0.1, 0.15) is 0 Å². The second kappa shape index (κ2) is 14.3. The molecule has 0 bridgehead atoms. The standard InChI is InChI=1S/C58H37NO2/c1-4-15-38(16-5-1)39-27-31-43(32-28-39)59(44-33-29-42(30-34-44)46-24-14-25-50-48-22-12-13-26-54(48)60-56(46)50)55-45(40-17-6-2-7-18-40)35-36-51-53-37-52(41-19-8-3-9-20-41)47-21-10-11-23-49(47)57(53)61-58(51)55/h1-37H. The largest absolute Gasteiger partial charge is 0.455 e. The lowest BCUT2D eigenvalue weighted by atomic mass is 9.94. The van der Waals surface area contributed by atoms with Gasteiger partial charge in [0.15, 0.2) is 5.58 Å². The number of fused-ring (bicyclic) bond motifs is 8. The van der Waals surface area contributed by atoms with Crippen LogP contribution < -0.4 is 4.90 Å². The summed E-state index contributed by atoms with van der Waals surface area (Å²) in [6.45, 7) is 0. The van der Waals surface area contributed by atoms with E-state index in [1.54, 1.807) is 0 Å². The van der Waals surface area contributed by atoms with E-state index < -0.39 is 0 Å². The zero-order valence-corrected chi connectivity index (χ0v) is 33.1. The second-order valence-electron chi connectivity index (χ2n) is 15.6. The SMILES string of the molecule is c1ccc(-c2ccc(N(c3ccc(-c4cccc5c4oc4ccccc45)cc3)c3c(-c4ccccc4)ccc4c3oc3c5ccccc5c(-c5ccccc5)cc43)cc2)cc1. The first-order valence-corrected chi connectivity index (χ1v) is 20.7.